The van der Waals surface area contributed by atoms with E-state index in [9.17, 15) is 24.3 Å². The Morgan fingerprint density at radius 3 is 1.80 bits per heavy atom. The highest BCUT2D eigenvalue weighted by molar-refractivity contribution is 5.77. The number of hydrogen-bond donors (Lipinski definition) is 2. The first-order valence-electron chi connectivity index (χ1n) is 14.0. The first-order chi connectivity index (χ1) is 18.7. The number of benzene rings is 1. The maximum absolute atomic E-state index is 12.6. The lowest BCUT2D eigenvalue weighted by atomic mass is 9.82. The van der Waals surface area contributed by atoms with Gasteiger partial charge in [0.25, 0.3) is 0 Å². The summed E-state index contributed by atoms with van der Waals surface area (Å²) in [5.41, 5.74) is 6.49. The molecular weight excluding hydrogens is 518 g/mol. The molecule has 0 bridgehead atoms. The Morgan fingerprint density at radius 1 is 0.775 bits per heavy atom. The first kappa shape index (κ1) is 34.9. The standard InChI is InChI=1S/C30H47NO9/c1-18(2)8-12-25(32)39-23-11-10-22(16-24(23)40-26(33)13-9-19(3)4)27(28(31)29(34)35)21(7)17-38-30(36)37-15-14-20(5)6/h10-11,16,18-21,27-28H,8-9,12-15,17,31H2,1-7H3,(H,34,35)/t21?,27?,28-/m0/s1. The molecule has 2 unspecified atom stereocenters. The summed E-state index contributed by atoms with van der Waals surface area (Å²) < 4.78 is 21.4. The largest absolute Gasteiger partial charge is 0.508 e. The second-order valence-electron chi connectivity index (χ2n) is 11.5. The molecule has 0 aliphatic rings. The van der Waals surface area contributed by atoms with E-state index in [4.69, 9.17) is 24.7 Å². The number of carbonyl (C=O) groups is 4. The maximum atomic E-state index is 12.6. The van der Waals surface area contributed by atoms with Crippen LogP contribution in [-0.4, -0.2) is 48.4 Å². The molecule has 0 aliphatic carbocycles. The minimum atomic E-state index is -1.36. The lowest BCUT2D eigenvalue weighted by Gasteiger charge is -2.28. The van der Waals surface area contributed by atoms with Gasteiger partial charge in [-0.15, -0.1) is 0 Å². The van der Waals surface area contributed by atoms with Crippen molar-refractivity contribution in [3.63, 3.8) is 0 Å². The molecule has 226 valence electrons. The molecule has 0 radical (unpaired) electrons. The molecule has 0 spiro atoms. The predicted molar refractivity (Wildman–Crippen MR) is 150 cm³/mol. The monoisotopic (exact) mass is 565 g/mol. The Hall–Kier alpha value is -3.14. The summed E-state index contributed by atoms with van der Waals surface area (Å²) in [5, 5.41) is 9.71. The van der Waals surface area contributed by atoms with E-state index in [0.717, 1.165) is 0 Å². The third-order valence-electron chi connectivity index (χ3n) is 6.32. The first-order valence-corrected chi connectivity index (χ1v) is 14.0. The molecule has 1 aromatic carbocycles. The van der Waals surface area contributed by atoms with Crippen LogP contribution in [-0.2, 0) is 23.9 Å². The van der Waals surface area contributed by atoms with Crippen LogP contribution in [0, 0.1) is 23.7 Å². The number of carboxylic acids is 1. The molecular formula is C30H47NO9. The molecule has 0 aliphatic heterocycles. The molecule has 1 aromatic rings. The third kappa shape index (κ3) is 13.3. The van der Waals surface area contributed by atoms with Gasteiger partial charge in [0.2, 0.25) is 0 Å². The second-order valence-corrected chi connectivity index (χ2v) is 11.5. The fourth-order valence-corrected chi connectivity index (χ4v) is 3.82. The minimum absolute atomic E-state index is 0.00652. The molecule has 10 nitrogen and oxygen atoms in total. The number of rotatable bonds is 17. The van der Waals surface area contributed by atoms with E-state index in [1.165, 1.54) is 12.1 Å². The number of nitrogens with two attached hydrogens (primary N) is 1. The normalized spacial score (nSPS) is 13.6. The SMILES string of the molecule is CC(C)CCOC(=O)OCC(C)C(c1ccc(OC(=O)CCC(C)C)c(OC(=O)CCC(C)C)c1)[C@H](N)C(=O)O. The highest BCUT2D eigenvalue weighted by Gasteiger charge is 2.33. The van der Waals surface area contributed by atoms with Gasteiger partial charge in [0.15, 0.2) is 11.5 Å². The quantitative estimate of drug-likeness (QED) is 0.178. The van der Waals surface area contributed by atoms with Crippen LogP contribution in [0.25, 0.3) is 0 Å². The van der Waals surface area contributed by atoms with Crippen LogP contribution < -0.4 is 15.2 Å². The Labute approximate surface area is 237 Å². The number of ether oxygens (including phenoxy) is 4. The van der Waals surface area contributed by atoms with Crippen molar-refractivity contribution in [1.29, 1.82) is 0 Å². The van der Waals surface area contributed by atoms with Crippen molar-refractivity contribution in [2.24, 2.45) is 29.4 Å². The molecule has 0 heterocycles. The van der Waals surface area contributed by atoms with Crippen molar-refractivity contribution in [2.75, 3.05) is 13.2 Å². The summed E-state index contributed by atoms with van der Waals surface area (Å²) in [6.45, 7) is 13.7. The maximum Gasteiger partial charge on any atom is 0.508 e. The third-order valence-corrected chi connectivity index (χ3v) is 6.32. The predicted octanol–water partition coefficient (Wildman–Crippen LogP) is 5.70. The van der Waals surface area contributed by atoms with E-state index in [2.05, 4.69) is 0 Å². The van der Waals surface area contributed by atoms with Gasteiger partial charge in [0.1, 0.15) is 6.04 Å². The van der Waals surface area contributed by atoms with Crippen LogP contribution in [0.5, 0.6) is 11.5 Å². The van der Waals surface area contributed by atoms with Crippen molar-refractivity contribution < 1.29 is 43.2 Å². The van der Waals surface area contributed by atoms with Gasteiger partial charge in [0.05, 0.1) is 13.2 Å². The van der Waals surface area contributed by atoms with Crippen LogP contribution in [0.2, 0.25) is 0 Å². The summed E-state index contributed by atoms with van der Waals surface area (Å²) in [4.78, 5) is 48.9. The molecule has 3 N–H and O–H groups in total. The topological polar surface area (TPSA) is 151 Å². The highest BCUT2D eigenvalue weighted by Crippen LogP contribution is 2.36. The van der Waals surface area contributed by atoms with Crippen molar-refractivity contribution in [1.82, 2.24) is 0 Å². The van der Waals surface area contributed by atoms with Crippen LogP contribution in [0.15, 0.2) is 18.2 Å². The lowest BCUT2D eigenvalue weighted by molar-refractivity contribution is -0.139. The number of carboxylic acid groups (broad SMARTS) is 1. The molecule has 0 saturated carbocycles. The molecule has 0 amide bonds. The van der Waals surface area contributed by atoms with Gasteiger partial charge >= 0.3 is 24.1 Å². The number of hydrogen-bond acceptors (Lipinski definition) is 9. The molecule has 0 saturated heterocycles. The van der Waals surface area contributed by atoms with Crippen LogP contribution in [0.4, 0.5) is 4.79 Å². The highest BCUT2D eigenvalue weighted by atomic mass is 16.7. The summed E-state index contributed by atoms with van der Waals surface area (Å²) >= 11 is 0. The van der Waals surface area contributed by atoms with Crippen LogP contribution in [0.3, 0.4) is 0 Å². The summed E-state index contributed by atoms with van der Waals surface area (Å²) in [6.07, 6.45) is 1.42. The zero-order valence-corrected chi connectivity index (χ0v) is 24.9. The summed E-state index contributed by atoms with van der Waals surface area (Å²) in [6, 6.07) is 3.13. The van der Waals surface area contributed by atoms with E-state index in [0.29, 0.717) is 36.7 Å². The van der Waals surface area contributed by atoms with Gasteiger partial charge in [-0.05, 0) is 60.6 Å². The van der Waals surface area contributed by atoms with E-state index in [-0.39, 0.29) is 43.5 Å². The molecule has 0 fully saturated rings. The molecule has 0 aromatic heterocycles. The Morgan fingerprint density at radius 2 is 1.30 bits per heavy atom. The van der Waals surface area contributed by atoms with E-state index >= 15 is 0 Å². The molecule has 40 heavy (non-hydrogen) atoms. The van der Waals surface area contributed by atoms with E-state index in [1.807, 2.05) is 41.5 Å². The van der Waals surface area contributed by atoms with Gasteiger partial charge in [-0.3, -0.25) is 14.4 Å². The zero-order chi connectivity index (χ0) is 30.4. The van der Waals surface area contributed by atoms with Gasteiger partial charge in [0, 0.05) is 18.8 Å². The molecule has 10 heteroatoms. The average molecular weight is 566 g/mol. The number of esters is 2. The second kappa shape index (κ2) is 17.5. The zero-order valence-electron chi connectivity index (χ0n) is 24.9. The number of aliphatic carboxylic acids is 1. The van der Waals surface area contributed by atoms with Gasteiger partial charge in [-0.25, -0.2) is 4.79 Å². The molecule has 1 rings (SSSR count). The summed E-state index contributed by atoms with van der Waals surface area (Å²) in [7, 11) is 0. The number of carbonyl (C=O) groups excluding carboxylic acids is 3. The van der Waals surface area contributed by atoms with Crippen LogP contribution in [0.1, 0.15) is 92.1 Å². The van der Waals surface area contributed by atoms with Crippen molar-refractivity contribution in [3.05, 3.63) is 23.8 Å². The van der Waals surface area contributed by atoms with Crippen molar-refractivity contribution in [2.45, 2.75) is 92.5 Å². The fraction of sp³-hybridized carbons (Fsp3) is 0.667. The Balaban J connectivity index is 3.24. The smallest absolute Gasteiger partial charge is 0.480 e. The van der Waals surface area contributed by atoms with E-state index < -0.39 is 41.9 Å². The van der Waals surface area contributed by atoms with Gasteiger partial charge in [-0.2, -0.15) is 0 Å². The summed E-state index contributed by atoms with van der Waals surface area (Å²) in [5.74, 6) is -2.63. The minimum Gasteiger partial charge on any atom is -0.480 e. The average Bonchev–Trinajstić information content (AvgIpc) is 2.86. The van der Waals surface area contributed by atoms with E-state index in [1.54, 1.807) is 13.0 Å². The Kier molecular flexibility index (Phi) is 15.3. The fourth-order valence-electron chi connectivity index (χ4n) is 3.82. The van der Waals surface area contributed by atoms with Gasteiger partial charge < -0.3 is 29.8 Å². The van der Waals surface area contributed by atoms with Gasteiger partial charge in [-0.1, -0.05) is 54.5 Å². The van der Waals surface area contributed by atoms with Crippen LogP contribution >= 0.6 is 0 Å². The van der Waals surface area contributed by atoms with Crippen molar-refractivity contribution >= 4 is 24.1 Å². The lowest BCUT2D eigenvalue weighted by Crippen LogP contribution is -2.40. The Bertz CT molecular complexity index is 974. The van der Waals surface area contributed by atoms with Crippen molar-refractivity contribution in [3.8, 4) is 11.5 Å². The molecule has 3 atom stereocenters.